The highest BCUT2D eigenvalue weighted by atomic mass is 16.4. The van der Waals surface area contributed by atoms with Crippen LogP contribution in [0.3, 0.4) is 0 Å². The molecule has 3 amide bonds. The molecular weight excluding hydrogens is 580 g/mol. The fraction of sp³-hybridized carbons (Fsp3) is 0.333. The minimum atomic E-state index is -1.36. The van der Waals surface area contributed by atoms with E-state index >= 15 is 0 Å². The van der Waals surface area contributed by atoms with Crippen LogP contribution in [-0.4, -0.2) is 68.3 Å². The third kappa shape index (κ3) is 10.5. The Labute approximate surface area is 261 Å². The molecule has 3 aromatic rings. The molecule has 5 unspecified atom stereocenters. The van der Waals surface area contributed by atoms with Gasteiger partial charge in [-0.05, 0) is 59.0 Å². The summed E-state index contributed by atoms with van der Waals surface area (Å²) in [6.07, 6.45) is 0.494. The average Bonchev–Trinajstić information content (AvgIpc) is 3.02. The van der Waals surface area contributed by atoms with Gasteiger partial charge in [-0.1, -0.05) is 56.7 Å². The Morgan fingerprint density at radius 1 is 0.600 bits per heavy atom. The monoisotopic (exact) mass is 620 g/mol. The predicted octanol–water partition coefficient (Wildman–Crippen LogP) is 1.74. The number of hydrogen-bond acceptors (Lipinski definition) is 8. The number of carboxylic acids is 1. The van der Waals surface area contributed by atoms with Gasteiger partial charge in [-0.25, -0.2) is 4.79 Å². The quantitative estimate of drug-likeness (QED) is 0.124. The van der Waals surface area contributed by atoms with E-state index in [1.165, 1.54) is 48.5 Å². The lowest BCUT2D eigenvalue weighted by Crippen LogP contribution is -2.58. The number of carbonyl (C=O) groups excluding carboxylic acids is 3. The summed E-state index contributed by atoms with van der Waals surface area (Å²) in [7, 11) is 0. The van der Waals surface area contributed by atoms with E-state index in [0.29, 0.717) is 23.1 Å². The zero-order valence-electron chi connectivity index (χ0n) is 25.1. The highest BCUT2D eigenvalue weighted by Crippen LogP contribution is 2.15. The molecule has 0 spiro atoms. The van der Waals surface area contributed by atoms with Crippen LogP contribution in [0.25, 0.3) is 0 Å². The minimum Gasteiger partial charge on any atom is -0.508 e. The van der Waals surface area contributed by atoms with Gasteiger partial charge in [0, 0.05) is 19.3 Å². The molecule has 12 nitrogen and oxygen atoms in total. The summed E-state index contributed by atoms with van der Waals surface area (Å²) in [6, 6.07) is 13.2. The van der Waals surface area contributed by atoms with Crippen LogP contribution in [0.1, 0.15) is 37.0 Å². The number of phenolic OH excluding ortho intramolecular Hbond substituents is 3. The van der Waals surface area contributed by atoms with Crippen LogP contribution in [-0.2, 0) is 38.4 Å². The summed E-state index contributed by atoms with van der Waals surface area (Å²) in [6.45, 7) is 3.70. The van der Waals surface area contributed by atoms with Gasteiger partial charge in [0.05, 0.1) is 6.04 Å². The molecule has 0 aliphatic heterocycles. The van der Waals surface area contributed by atoms with Crippen molar-refractivity contribution in [2.45, 2.75) is 63.7 Å². The van der Waals surface area contributed by atoms with E-state index in [4.69, 9.17) is 5.73 Å². The number of aliphatic carboxylic acids is 1. The lowest BCUT2D eigenvalue weighted by molar-refractivity contribution is -0.142. The molecule has 45 heavy (non-hydrogen) atoms. The van der Waals surface area contributed by atoms with Crippen LogP contribution in [0.5, 0.6) is 17.2 Å². The number of hydrogen-bond donors (Lipinski definition) is 8. The highest BCUT2D eigenvalue weighted by molar-refractivity contribution is 5.94. The van der Waals surface area contributed by atoms with Gasteiger partial charge in [-0.15, -0.1) is 0 Å². The second kappa shape index (κ2) is 16.1. The molecule has 5 atom stereocenters. The van der Waals surface area contributed by atoms with Crippen LogP contribution < -0.4 is 21.7 Å². The number of nitrogens with two attached hydrogens (primary N) is 1. The minimum absolute atomic E-state index is 0.00190. The van der Waals surface area contributed by atoms with Crippen molar-refractivity contribution in [3.05, 3.63) is 89.5 Å². The maximum Gasteiger partial charge on any atom is 0.326 e. The van der Waals surface area contributed by atoms with Crippen molar-refractivity contribution in [3.63, 3.8) is 0 Å². The molecular formula is C33H40N4O8. The van der Waals surface area contributed by atoms with E-state index in [-0.39, 0.29) is 42.4 Å². The normalized spacial score (nSPS) is 14.3. The number of phenols is 3. The molecule has 0 fully saturated rings. The second-order valence-electron chi connectivity index (χ2n) is 11.0. The predicted molar refractivity (Wildman–Crippen MR) is 166 cm³/mol. The fourth-order valence-corrected chi connectivity index (χ4v) is 4.55. The van der Waals surface area contributed by atoms with Crippen molar-refractivity contribution in [2.24, 2.45) is 11.7 Å². The number of rotatable bonds is 15. The van der Waals surface area contributed by atoms with Gasteiger partial charge >= 0.3 is 5.97 Å². The Bertz CT molecular complexity index is 1450. The average molecular weight is 621 g/mol. The van der Waals surface area contributed by atoms with Gasteiger partial charge in [-0.2, -0.15) is 0 Å². The number of benzene rings is 3. The molecule has 0 saturated carbocycles. The SMILES string of the molecule is CCC(C)C(N)C(=O)NC(Cc1ccc(O)cc1)C(=O)NC(Cc1ccc(O)cc1)C(=O)NC(Cc1ccc(O)cc1)C(=O)O. The summed E-state index contributed by atoms with van der Waals surface area (Å²) in [5, 5.41) is 46.6. The van der Waals surface area contributed by atoms with Crippen LogP contribution >= 0.6 is 0 Å². The summed E-state index contributed by atoms with van der Waals surface area (Å²) >= 11 is 0. The number of nitrogens with one attached hydrogen (secondary N) is 3. The molecule has 240 valence electrons. The van der Waals surface area contributed by atoms with Crippen LogP contribution in [0, 0.1) is 5.92 Å². The Morgan fingerprint density at radius 3 is 1.24 bits per heavy atom. The second-order valence-corrected chi connectivity index (χ2v) is 11.0. The summed E-state index contributed by atoms with van der Waals surface area (Å²) in [5.74, 6) is -3.50. The highest BCUT2D eigenvalue weighted by Gasteiger charge is 2.31. The third-order valence-electron chi connectivity index (χ3n) is 7.57. The maximum absolute atomic E-state index is 13.7. The first-order valence-corrected chi connectivity index (χ1v) is 14.6. The molecule has 0 bridgehead atoms. The Hall–Kier alpha value is -5.10. The number of carboxylic acid groups (broad SMARTS) is 1. The third-order valence-corrected chi connectivity index (χ3v) is 7.57. The van der Waals surface area contributed by atoms with E-state index in [1.807, 2.05) is 13.8 Å². The van der Waals surface area contributed by atoms with Crippen LogP contribution in [0.2, 0.25) is 0 Å². The van der Waals surface area contributed by atoms with Crippen molar-refractivity contribution in [1.29, 1.82) is 0 Å². The van der Waals surface area contributed by atoms with E-state index in [1.54, 1.807) is 24.3 Å². The first-order chi connectivity index (χ1) is 21.4. The molecule has 9 N–H and O–H groups in total. The molecule has 12 heteroatoms. The van der Waals surface area contributed by atoms with Gasteiger partial charge in [0.15, 0.2) is 0 Å². The van der Waals surface area contributed by atoms with Gasteiger partial charge in [0.1, 0.15) is 35.4 Å². The van der Waals surface area contributed by atoms with Gasteiger partial charge in [-0.3, -0.25) is 14.4 Å². The largest absolute Gasteiger partial charge is 0.508 e. The van der Waals surface area contributed by atoms with Crippen LogP contribution in [0.15, 0.2) is 72.8 Å². The number of carbonyl (C=O) groups is 4. The summed E-state index contributed by atoms with van der Waals surface area (Å²) in [4.78, 5) is 52.4. The lowest BCUT2D eigenvalue weighted by Gasteiger charge is -2.26. The topological polar surface area (TPSA) is 211 Å². The molecule has 0 saturated heterocycles. The molecule has 0 heterocycles. The fourth-order valence-electron chi connectivity index (χ4n) is 4.55. The zero-order chi connectivity index (χ0) is 33.1. The van der Waals surface area contributed by atoms with Gasteiger partial charge in [0.25, 0.3) is 0 Å². The van der Waals surface area contributed by atoms with E-state index in [0.717, 1.165) is 0 Å². The standard InChI is InChI=1S/C33H40N4O8/c1-3-19(2)29(34)32(43)36-27(17-21-6-12-24(39)13-7-21)30(41)35-26(16-20-4-10-23(38)11-5-20)31(42)37-28(33(44)45)18-22-8-14-25(40)15-9-22/h4-15,19,26-29,38-40H,3,16-18,34H2,1-2H3,(H,35,41)(H,36,43)(H,37,42)(H,44,45). The number of amides is 3. The van der Waals surface area contributed by atoms with E-state index < -0.39 is 47.9 Å². The van der Waals surface area contributed by atoms with Crippen molar-refractivity contribution in [1.82, 2.24) is 16.0 Å². The Balaban J connectivity index is 1.88. The molecule has 0 aliphatic carbocycles. The van der Waals surface area contributed by atoms with Crippen molar-refractivity contribution < 1.29 is 39.6 Å². The zero-order valence-corrected chi connectivity index (χ0v) is 25.1. The van der Waals surface area contributed by atoms with Crippen molar-refractivity contribution in [2.75, 3.05) is 0 Å². The van der Waals surface area contributed by atoms with Gasteiger partial charge in [0.2, 0.25) is 17.7 Å². The Morgan fingerprint density at radius 2 is 0.911 bits per heavy atom. The summed E-state index contributed by atoms with van der Waals surface area (Å²) in [5.41, 5.74) is 7.85. The molecule has 0 aliphatic rings. The van der Waals surface area contributed by atoms with E-state index in [2.05, 4.69) is 16.0 Å². The molecule has 3 aromatic carbocycles. The van der Waals surface area contributed by atoms with Crippen molar-refractivity contribution in [3.8, 4) is 17.2 Å². The first kappa shape index (κ1) is 34.4. The lowest BCUT2D eigenvalue weighted by atomic mass is 9.98. The van der Waals surface area contributed by atoms with Crippen LogP contribution in [0.4, 0.5) is 0 Å². The maximum atomic E-state index is 13.7. The number of aromatic hydroxyl groups is 3. The molecule has 0 aromatic heterocycles. The Kier molecular flexibility index (Phi) is 12.3. The van der Waals surface area contributed by atoms with E-state index in [9.17, 15) is 39.6 Å². The van der Waals surface area contributed by atoms with Crippen molar-refractivity contribution >= 4 is 23.7 Å². The smallest absolute Gasteiger partial charge is 0.326 e. The van der Waals surface area contributed by atoms with Gasteiger partial charge < -0.3 is 42.1 Å². The first-order valence-electron chi connectivity index (χ1n) is 14.6. The summed E-state index contributed by atoms with van der Waals surface area (Å²) < 4.78 is 0. The molecule has 3 rings (SSSR count). The molecule has 0 radical (unpaired) electrons.